The monoisotopic (exact) mass is 780 g/mol. The number of benzene rings is 1. The zero-order valence-corrected chi connectivity index (χ0v) is 27.8. The Morgan fingerprint density at radius 1 is 0.830 bits per heavy atom. The topological polar surface area (TPSA) is 244 Å². The van der Waals surface area contributed by atoms with Gasteiger partial charge in [-0.1, -0.05) is 24.5 Å². The molecule has 1 aliphatic carbocycles. The number of rotatable bonds is 7. The van der Waals surface area contributed by atoms with E-state index in [1.54, 1.807) is 0 Å². The first-order valence-electron chi connectivity index (χ1n) is 15.4. The molecule has 2 fully saturated rings. The Morgan fingerprint density at radius 3 is 1.75 bits per heavy atom. The molecule has 15 nitrogen and oxygen atoms in total. The van der Waals surface area contributed by atoms with Crippen LogP contribution >= 0.6 is 0 Å². The molecule has 9 N–H and O–H groups in total. The van der Waals surface area contributed by atoms with Crippen LogP contribution in [0.25, 0.3) is 10.9 Å². The summed E-state index contributed by atoms with van der Waals surface area (Å²) >= 11 is 0. The van der Waals surface area contributed by atoms with Gasteiger partial charge in [-0.25, -0.2) is 24.4 Å². The number of aliphatic carboxylic acids is 3. The second kappa shape index (κ2) is 20.2. The third-order valence-corrected chi connectivity index (χ3v) is 7.12. The maximum Gasteiger partial charge on any atom is 0.490 e. The van der Waals surface area contributed by atoms with E-state index in [2.05, 4.69) is 30.8 Å². The van der Waals surface area contributed by atoms with E-state index in [-0.39, 0.29) is 29.8 Å². The van der Waals surface area contributed by atoms with Crippen molar-refractivity contribution in [1.29, 1.82) is 5.41 Å². The van der Waals surface area contributed by atoms with Crippen molar-refractivity contribution in [3.05, 3.63) is 29.6 Å². The summed E-state index contributed by atoms with van der Waals surface area (Å²) in [5, 5.41) is 39.5. The van der Waals surface area contributed by atoms with Crippen LogP contribution in [0.1, 0.15) is 54.7 Å². The summed E-state index contributed by atoms with van der Waals surface area (Å²) in [6.45, 7) is 5.68. The van der Waals surface area contributed by atoms with Crippen LogP contribution in [-0.4, -0.2) is 117 Å². The number of hydrogen-bond donors (Lipinski definition) is 8. The number of anilines is 1. The van der Waals surface area contributed by atoms with Crippen molar-refractivity contribution >= 4 is 46.5 Å². The highest BCUT2D eigenvalue weighted by molar-refractivity contribution is 5.96. The van der Waals surface area contributed by atoms with Gasteiger partial charge in [0.25, 0.3) is 5.91 Å². The third kappa shape index (κ3) is 17.3. The van der Waals surface area contributed by atoms with E-state index < -0.39 is 36.4 Å². The number of carboxylic acids is 3. The Labute approximate surface area is 294 Å². The lowest BCUT2D eigenvalue weighted by Gasteiger charge is -2.33. The van der Waals surface area contributed by atoms with Crippen molar-refractivity contribution in [3.63, 3.8) is 0 Å². The summed E-state index contributed by atoms with van der Waals surface area (Å²) in [5.41, 5.74) is 7.45. The highest BCUT2D eigenvalue weighted by atomic mass is 19.4. The highest BCUT2D eigenvalue weighted by Gasteiger charge is 2.39. The minimum atomic E-state index is -5.08. The molecule has 53 heavy (non-hydrogen) atoms. The van der Waals surface area contributed by atoms with E-state index in [4.69, 9.17) is 40.8 Å². The molecule has 1 aliphatic heterocycles. The lowest BCUT2D eigenvalue weighted by atomic mass is 9.90. The number of alkyl halides is 9. The molecule has 2 aromatic rings. The van der Waals surface area contributed by atoms with Gasteiger partial charge in [-0.15, -0.1) is 0 Å². The molecule has 2 aliphatic rings. The normalized spacial score (nSPS) is 17.4. The maximum absolute atomic E-state index is 12.8. The summed E-state index contributed by atoms with van der Waals surface area (Å²) in [6.07, 6.45) is -8.71. The number of guanidine groups is 1. The molecular weight excluding hydrogens is 743 g/mol. The molecule has 0 spiro atoms. The highest BCUT2D eigenvalue weighted by Crippen LogP contribution is 2.27. The summed E-state index contributed by atoms with van der Waals surface area (Å²) < 4.78 is 95.2. The van der Waals surface area contributed by atoms with Crippen LogP contribution in [0.15, 0.2) is 18.2 Å². The summed E-state index contributed by atoms with van der Waals surface area (Å²) in [5.74, 6) is -7.71. The maximum atomic E-state index is 12.8. The summed E-state index contributed by atoms with van der Waals surface area (Å²) in [7, 11) is 0. The zero-order chi connectivity index (χ0) is 40.7. The average molecular weight is 781 g/mol. The quantitative estimate of drug-likeness (QED) is 0.113. The van der Waals surface area contributed by atoms with Crippen molar-refractivity contribution in [2.45, 2.75) is 76.1 Å². The number of amides is 1. The Hall–Kier alpha value is -5.16. The standard InChI is InChI=1S/C23H34N8O.3C2HF3O2/c1-15-8-9-17-16(14-15)20(28-18-6-2-3-7-19(18)29-23(24)25)30-21(27-17)22(32)26-10-13-31-11-4-5-12-31;3*3-2(4,5)1(6)7/h8-9,14,18-19H,2-7,10-13H2,1H3,(H,26,32)(H4,24,25,29)(H,27,28,30);3*(H,6,7). The number of carbonyl (C=O) groups is 4. The van der Waals surface area contributed by atoms with E-state index in [1.807, 2.05) is 25.1 Å². The van der Waals surface area contributed by atoms with E-state index in [9.17, 15) is 44.3 Å². The van der Waals surface area contributed by atoms with Crippen LogP contribution in [0, 0.1) is 12.3 Å². The predicted molar refractivity (Wildman–Crippen MR) is 168 cm³/mol. The molecule has 0 radical (unpaired) electrons. The van der Waals surface area contributed by atoms with Crippen molar-refractivity contribution in [2.24, 2.45) is 5.73 Å². The Bertz CT molecular complexity index is 1510. The van der Waals surface area contributed by atoms with Gasteiger partial charge in [0.15, 0.2) is 5.96 Å². The van der Waals surface area contributed by atoms with E-state index in [0.29, 0.717) is 12.4 Å². The molecule has 4 rings (SSSR count). The lowest BCUT2D eigenvalue weighted by molar-refractivity contribution is -0.193. The van der Waals surface area contributed by atoms with Crippen LogP contribution in [0.3, 0.4) is 0 Å². The first-order valence-corrected chi connectivity index (χ1v) is 15.4. The Balaban J connectivity index is 0.000000545. The van der Waals surface area contributed by atoms with Crippen LogP contribution in [0.2, 0.25) is 0 Å². The van der Waals surface area contributed by atoms with Gasteiger partial charge in [-0.3, -0.25) is 10.2 Å². The van der Waals surface area contributed by atoms with E-state index >= 15 is 0 Å². The fraction of sp³-hybridized carbons (Fsp3) is 0.552. The Kier molecular flexibility index (Phi) is 17.5. The van der Waals surface area contributed by atoms with Crippen LogP contribution in [0.4, 0.5) is 45.3 Å². The largest absolute Gasteiger partial charge is 0.490 e. The molecule has 24 heteroatoms. The predicted octanol–water partition coefficient (Wildman–Crippen LogP) is 3.87. The van der Waals surface area contributed by atoms with Crippen molar-refractivity contribution in [1.82, 2.24) is 25.5 Å². The molecular formula is C29H37F9N8O7. The van der Waals surface area contributed by atoms with E-state index in [0.717, 1.165) is 61.8 Å². The number of nitrogens with zero attached hydrogens (tertiary/aromatic N) is 3. The second-order valence-corrected chi connectivity index (χ2v) is 11.3. The molecule has 0 bridgehead atoms. The number of likely N-dealkylation sites (tertiary alicyclic amines) is 1. The fourth-order valence-electron chi connectivity index (χ4n) is 4.72. The van der Waals surface area contributed by atoms with Crippen molar-refractivity contribution < 1.29 is 74.0 Å². The van der Waals surface area contributed by atoms with Gasteiger partial charge in [0.05, 0.1) is 5.52 Å². The zero-order valence-electron chi connectivity index (χ0n) is 27.8. The molecule has 2 heterocycles. The first kappa shape index (κ1) is 45.9. The number of aryl methyl sites for hydroxylation is 1. The molecule has 298 valence electrons. The van der Waals surface area contributed by atoms with Gasteiger partial charge >= 0.3 is 36.4 Å². The van der Waals surface area contributed by atoms with Crippen molar-refractivity contribution in [3.8, 4) is 0 Å². The smallest absolute Gasteiger partial charge is 0.475 e. The molecule has 1 saturated heterocycles. The lowest BCUT2D eigenvalue weighted by Crippen LogP contribution is -2.50. The van der Waals surface area contributed by atoms with Crippen LogP contribution < -0.4 is 21.7 Å². The van der Waals surface area contributed by atoms with Gasteiger partial charge in [0.2, 0.25) is 5.82 Å². The first-order chi connectivity index (χ1) is 24.3. The molecule has 1 amide bonds. The summed E-state index contributed by atoms with van der Waals surface area (Å²) in [4.78, 5) is 51.1. The number of nitrogens with one attached hydrogen (secondary N) is 4. The number of carbonyl (C=O) groups excluding carboxylic acids is 1. The number of fused-ring (bicyclic) bond motifs is 1. The van der Waals surface area contributed by atoms with Crippen LogP contribution in [0.5, 0.6) is 0 Å². The van der Waals surface area contributed by atoms with Gasteiger partial charge in [0.1, 0.15) is 5.82 Å². The SMILES string of the molecule is Cc1ccc2nc(C(=O)NCCN3CCCC3)nc(NC3CCCCC3NC(=N)N)c2c1.O=C(O)C(F)(F)F.O=C(O)C(F)(F)F.O=C(O)C(F)(F)F. The van der Waals surface area contributed by atoms with Gasteiger partial charge in [-0.05, 0) is 57.8 Å². The van der Waals surface area contributed by atoms with Gasteiger partial charge < -0.3 is 41.9 Å². The fourth-order valence-corrected chi connectivity index (χ4v) is 4.72. The van der Waals surface area contributed by atoms with Gasteiger partial charge in [0, 0.05) is 30.6 Å². The third-order valence-electron chi connectivity index (χ3n) is 7.12. The van der Waals surface area contributed by atoms with E-state index in [1.165, 1.54) is 12.8 Å². The number of hydrogen-bond acceptors (Lipinski definition) is 9. The minimum absolute atomic E-state index is 0.0230. The van der Waals surface area contributed by atoms with Crippen molar-refractivity contribution in [2.75, 3.05) is 31.5 Å². The number of carboxylic acid groups (broad SMARTS) is 3. The number of nitrogens with two attached hydrogens (primary N) is 1. The molecule has 2 atom stereocenters. The second-order valence-electron chi connectivity index (χ2n) is 11.3. The minimum Gasteiger partial charge on any atom is -0.475 e. The molecule has 2 unspecified atom stereocenters. The molecule has 1 saturated carbocycles. The number of aromatic nitrogens is 2. The molecule has 1 aromatic heterocycles. The van der Waals surface area contributed by atoms with Gasteiger partial charge in [-0.2, -0.15) is 39.5 Å². The Morgan fingerprint density at radius 2 is 1.30 bits per heavy atom. The average Bonchev–Trinajstić information content (AvgIpc) is 3.55. The van der Waals surface area contributed by atoms with Crippen LogP contribution in [-0.2, 0) is 14.4 Å². The molecule has 1 aromatic carbocycles. The number of halogens is 9. The summed E-state index contributed by atoms with van der Waals surface area (Å²) in [6, 6.07) is 6.09.